The Balaban J connectivity index is 2.95. The third-order valence-electron chi connectivity index (χ3n) is 4.08. The Labute approximate surface area is 107 Å². The van der Waals surface area contributed by atoms with Crippen LogP contribution in [0, 0.1) is 5.92 Å². The maximum atomic E-state index is 2.40. The van der Waals surface area contributed by atoms with Gasteiger partial charge < -0.3 is 0 Å². The Bertz CT molecular complexity index is 332. The van der Waals surface area contributed by atoms with Crippen LogP contribution in [0.4, 0.5) is 0 Å². The molecule has 0 heteroatoms. The fourth-order valence-corrected chi connectivity index (χ4v) is 2.90. The summed E-state index contributed by atoms with van der Waals surface area (Å²) in [6.45, 7) is 11.7. The summed E-state index contributed by atoms with van der Waals surface area (Å²) in [6, 6.07) is 8.95. The van der Waals surface area contributed by atoms with E-state index < -0.39 is 0 Å². The van der Waals surface area contributed by atoms with Crippen LogP contribution >= 0.6 is 0 Å². The van der Waals surface area contributed by atoms with Crippen molar-refractivity contribution in [3.8, 4) is 0 Å². The Morgan fingerprint density at radius 3 is 2.12 bits per heavy atom. The van der Waals surface area contributed by atoms with Gasteiger partial charge in [-0.05, 0) is 35.3 Å². The summed E-state index contributed by atoms with van der Waals surface area (Å²) >= 11 is 0. The van der Waals surface area contributed by atoms with E-state index >= 15 is 0 Å². The third-order valence-corrected chi connectivity index (χ3v) is 4.08. The number of hydrogen-bond donors (Lipinski definition) is 0. The van der Waals surface area contributed by atoms with Crippen LogP contribution < -0.4 is 0 Å². The molecule has 0 saturated heterocycles. The Hall–Kier alpha value is -0.780. The van der Waals surface area contributed by atoms with Crippen molar-refractivity contribution in [1.29, 1.82) is 0 Å². The van der Waals surface area contributed by atoms with Crippen molar-refractivity contribution in [3.63, 3.8) is 0 Å². The number of rotatable bonds is 6. The van der Waals surface area contributed by atoms with Gasteiger partial charge in [0.1, 0.15) is 0 Å². The largest absolute Gasteiger partial charge is 0.0651 e. The molecule has 0 heterocycles. The van der Waals surface area contributed by atoms with Gasteiger partial charge in [0.05, 0.1) is 0 Å². The standard InChI is InChI=1S/C17H28/c1-6-14(7-2)13-17(4,5)16-12-10-9-11-15(16)8-3/h9-12,14H,6-8,13H2,1-5H3. The van der Waals surface area contributed by atoms with Crippen LogP contribution in [-0.2, 0) is 11.8 Å². The van der Waals surface area contributed by atoms with Crippen molar-refractivity contribution in [2.45, 2.75) is 65.7 Å². The average Bonchev–Trinajstić information content (AvgIpc) is 2.35. The molecule has 0 spiro atoms. The van der Waals surface area contributed by atoms with Gasteiger partial charge in [-0.1, -0.05) is 71.7 Å². The normalized spacial score (nSPS) is 12.1. The summed E-state index contributed by atoms with van der Waals surface area (Å²) in [6.07, 6.45) is 5.04. The van der Waals surface area contributed by atoms with Gasteiger partial charge in [-0.2, -0.15) is 0 Å². The van der Waals surface area contributed by atoms with E-state index in [9.17, 15) is 0 Å². The van der Waals surface area contributed by atoms with Crippen molar-refractivity contribution in [1.82, 2.24) is 0 Å². The van der Waals surface area contributed by atoms with Crippen LogP contribution in [0.1, 0.15) is 65.0 Å². The molecule has 0 saturated carbocycles. The molecule has 0 aromatic heterocycles. The van der Waals surface area contributed by atoms with Crippen LogP contribution in [0.3, 0.4) is 0 Å². The minimum absolute atomic E-state index is 0.309. The van der Waals surface area contributed by atoms with E-state index in [1.54, 1.807) is 5.56 Å². The molecule has 0 fully saturated rings. The van der Waals surface area contributed by atoms with Gasteiger partial charge in [0.25, 0.3) is 0 Å². The van der Waals surface area contributed by atoms with Crippen LogP contribution in [-0.4, -0.2) is 0 Å². The lowest BCUT2D eigenvalue weighted by Crippen LogP contribution is -2.23. The SMILES string of the molecule is CCc1ccccc1C(C)(C)CC(CC)CC. The van der Waals surface area contributed by atoms with Crippen LogP contribution in [0.25, 0.3) is 0 Å². The molecule has 0 amide bonds. The minimum Gasteiger partial charge on any atom is -0.0651 e. The topological polar surface area (TPSA) is 0 Å². The molecule has 0 aliphatic carbocycles. The summed E-state index contributed by atoms with van der Waals surface area (Å²) in [4.78, 5) is 0. The molecular formula is C17H28. The van der Waals surface area contributed by atoms with Gasteiger partial charge in [0, 0.05) is 0 Å². The van der Waals surface area contributed by atoms with Gasteiger partial charge in [0.2, 0.25) is 0 Å². The number of hydrogen-bond acceptors (Lipinski definition) is 0. The summed E-state index contributed by atoms with van der Waals surface area (Å²) in [7, 11) is 0. The van der Waals surface area contributed by atoms with Crippen molar-refractivity contribution in [3.05, 3.63) is 35.4 Å². The fourth-order valence-electron chi connectivity index (χ4n) is 2.90. The van der Waals surface area contributed by atoms with Gasteiger partial charge in [-0.3, -0.25) is 0 Å². The molecule has 0 unspecified atom stereocenters. The zero-order valence-electron chi connectivity index (χ0n) is 12.2. The zero-order valence-corrected chi connectivity index (χ0v) is 12.2. The van der Waals surface area contributed by atoms with E-state index in [4.69, 9.17) is 0 Å². The highest BCUT2D eigenvalue weighted by Crippen LogP contribution is 2.34. The molecule has 0 aliphatic rings. The van der Waals surface area contributed by atoms with E-state index in [0.717, 1.165) is 12.3 Å². The first kappa shape index (κ1) is 14.3. The van der Waals surface area contributed by atoms with Crippen molar-refractivity contribution >= 4 is 0 Å². The monoisotopic (exact) mass is 232 g/mol. The Morgan fingerprint density at radius 2 is 1.59 bits per heavy atom. The number of benzene rings is 1. The first-order valence-electron chi connectivity index (χ1n) is 7.13. The first-order chi connectivity index (χ1) is 8.05. The lowest BCUT2D eigenvalue weighted by molar-refractivity contribution is 0.341. The summed E-state index contributed by atoms with van der Waals surface area (Å²) in [5.41, 5.74) is 3.38. The van der Waals surface area contributed by atoms with Gasteiger partial charge in [-0.15, -0.1) is 0 Å². The molecule has 1 aromatic carbocycles. The summed E-state index contributed by atoms with van der Waals surface area (Å²) < 4.78 is 0. The highest BCUT2D eigenvalue weighted by molar-refractivity contribution is 5.33. The summed E-state index contributed by atoms with van der Waals surface area (Å²) in [5, 5.41) is 0. The predicted molar refractivity (Wildman–Crippen MR) is 77.5 cm³/mol. The van der Waals surface area contributed by atoms with Gasteiger partial charge in [0.15, 0.2) is 0 Å². The molecule has 0 atom stereocenters. The molecule has 1 rings (SSSR count). The lowest BCUT2D eigenvalue weighted by atomic mass is 9.74. The Kier molecular flexibility index (Phi) is 5.24. The third kappa shape index (κ3) is 3.59. The van der Waals surface area contributed by atoms with E-state index in [-0.39, 0.29) is 0 Å². The fraction of sp³-hybridized carbons (Fsp3) is 0.647. The van der Waals surface area contributed by atoms with E-state index in [0.29, 0.717) is 5.41 Å². The van der Waals surface area contributed by atoms with Gasteiger partial charge in [-0.25, -0.2) is 0 Å². The van der Waals surface area contributed by atoms with Crippen LogP contribution in [0.2, 0.25) is 0 Å². The maximum Gasteiger partial charge on any atom is -0.00982 e. The second kappa shape index (κ2) is 6.23. The lowest BCUT2D eigenvalue weighted by Gasteiger charge is -2.31. The second-order valence-electron chi connectivity index (χ2n) is 5.78. The molecular weight excluding hydrogens is 204 g/mol. The van der Waals surface area contributed by atoms with E-state index in [1.807, 2.05) is 0 Å². The smallest absolute Gasteiger partial charge is 0.00982 e. The second-order valence-corrected chi connectivity index (χ2v) is 5.78. The van der Waals surface area contributed by atoms with Crippen molar-refractivity contribution in [2.24, 2.45) is 5.92 Å². The predicted octanol–water partition coefficient (Wildman–Crippen LogP) is 5.35. The molecule has 0 aliphatic heterocycles. The van der Waals surface area contributed by atoms with E-state index in [1.165, 1.54) is 24.8 Å². The zero-order chi connectivity index (χ0) is 12.9. The molecule has 0 nitrogen and oxygen atoms in total. The maximum absolute atomic E-state index is 2.40. The molecule has 1 aromatic rings. The van der Waals surface area contributed by atoms with Crippen molar-refractivity contribution in [2.75, 3.05) is 0 Å². The van der Waals surface area contributed by atoms with Gasteiger partial charge >= 0.3 is 0 Å². The Morgan fingerprint density at radius 1 is 1.00 bits per heavy atom. The molecule has 0 N–H and O–H groups in total. The first-order valence-corrected chi connectivity index (χ1v) is 7.13. The number of aryl methyl sites for hydroxylation is 1. The highest BCUT2D eigenvalue weighted by atomic mass is 14.3. The summed E-state index contributed by atoms with van der Waals surface area (Å²) in [5.74, 6) is 0.856. The van der Waals surface area contributed by atoms with Crippen molar-refractivity contribution < 1.29 is 0 Å². The minimum atomic E-state index is 0.309. The molecule has 96 valence electrons. The molecule has 17 heavy (non-hydrogen) atoms. The highest BCUT2D eigenvalue weighted by Gasteiger charge is 2.25. The average molecular weight is 232 g/mol. The quantitative estimate of drug-likeness (QED) is 0.620. The van der Waals surface area contributed by atoms with Crippen LogP contribution in [0.15, 0.2) is 24.3 Å². The van der Waals surface area contributed by atoms with Crippen LogP contribution in [0.5, 0.6) is 0 Å². The van der Waals surface area contributed by atoms with E-state index in [2.05, 4.69) is 58.9 Å². The molecule has 0 radical (unpaired) electrons. The molecule has 0 bridgehead atoms.